The van der Waals surface area contributed by atoms with E-state index < -0.39 is 22.5 Å². The lowest BCUT2D eigenvalue weighted by molar-refractivity contribution is -0.120. The Kier molecular flexibility index (Phi) is 7.77. The van der Waals surface area contributed by atoms with Crippen LogP contribution in [0.25, 0.3) is 0 Å². The van der Waals surface area contributed by atoms with Gasteiger partial charge in [0.1, 0.15) is 12.3 Å². The minimum absolute atomic E-state index is 0.0786. The number of carbonyl (C=O) groups excluding carboxylic acids is 1. The topological polar surface area (TPSA) is 75.7 Å². The van der Waals surface area contributed by atoms with Crippen molar-refractivity contribution in [2.45, 2.75) is 24.3 Å². The summed E-state index contributed by atoms with van der Waals surface area (Å²) in [4.78, 5) is 13.1. The van der Waals surface area contributed by atoms with E-state index in [1.54, 1.807) is 49.6 Å². The number of nitrogens with zero attached hydrogens (tertiary/aromatic N) is 1. The quantitative estimate of drug-likeness (QED) is 0.484. The molecule has 0 bridgehead atoms. The fourth-order valence-corrected chi connectivity index (χ4v) is 5.05. The minimum Gasteiger partial charge on any atom is -0.497 e. The van der Waals surface area contributed by atoms with Crippen molar-refractivity contribution < 1.29 is 17.9 Å². The Hall–Kier alpha value is -3.03. The number of anilines is 1. The van der Waals surface area contributed by atoms with E-state index in [1.807, 2.05) is 31.2 Å². The number of carbonyl (C=O) groups is 1. The minimum atomic E-state index is -4.02. The Labute approximate surface area is 193 Å². The lowest BCUT2D eigenvalue weighted by Crippen LogP contribution is -2.42. The normalized spacial score (nSPS) is 12.1. The zero-order valence-corrected chi connectivity index (χ0v) is 19.4. The first kappa shape index (κ1) is 23.6. The number of nitrogens with one attached hydrogen (secondary N) is 1. The molecule has 1 atom stereocenters. The van der Waals surface area contributed by atoms with Crippen LogP contribution in [0.3, 0.4) is 0 Å². The van der Waals surface area contributed by atoms with Gasteiger partial charge in [-0.05, 0) is 48.4 Å². The number of ether oxygens (including phenoxy) is 1. The third-order valence-corrected chi connectivity index (χ3v) is 7.09. The fourth-order valence-electron chi connectivity index (χ4n) is 3.30. The first-order valence-electron chi connectivity index (χ1n) is 10.1. The Balaban J connectivity index is 1.89. The van der Waals surface area contributed by atoms with E-state index in [4.69, 9.17) is 16.3 Å². The van der Waals surface area contributed by atoms with Gasteiger partial charge in [-0.15, -0.1) is 0 Å². The maximum absolute atomic E-state index is 13.4. The van der Waals surface area contributed by atoms with E-state index in [2.05, 4.69) is 5.32 Å². The molecule has 0 saturated heterocycles. The second-order valence-corrected chi connectivity index (χ2v) is 9.35. The van der Waals surface area contributed by atoms with Crippen LogP contribution >= 0.6 is 11.6 Å². The lowest BCUT2D eigenvalue weighted by atomic mass is 10.0. The Bertz CT molecular complexity index is 1150. The fraction of sp³-hybridized carbons (Fsp3) is 0.208. The van der Waals surface area contributed by atoms with Crippen LogP contribution in [0.2, 0.25) is 5.02 Å². The summed E-state index contributed by atoms with van der Waals surface area (Å²) < 4.78 is 33.0. The molecular formula is C24H25ClN2O4S. The van der Waals surface area contributed by atoms with Gasteiger partial charge in [0.15, 0.2) is 0 Å². The van der Waals surface area contributed by atoms with Gasteiger partial charge in [-0.2, -0.15) is 0 Å². The second kappa shape index (κ2) is 10.5. The molecule has 0 aliphatic rings. The van der Waals surface area contributed by atoms with Crippen LogP contribution < -0.4 is 14.4 Å². The van der Waals surface area contributed by atoms with E-state index >= 15 is 0 Å². The Morgan fingerprint density at radius 3 is 2.22 bits per heavy atom. The zero-order valence-electron chi connectivity index (χ0n) is 17.9. The molecule has 0 radical (unpaired) electrons. The number of hydrogen-bond donors (Lipinski definition) is 1. The molecule has 1 amide bonds. The van der Waals surface area contributed by atoms with Crippen LogP contribution in [0.15, 0.2) is 83.8 Å². The smallest absolute Gasteiger partial charge is 0.264 e. The summed E-state index contributed by atoms with van der Waals surface area (Å²) in [6.45, 7) is 1.54. The molecule has 0 heterocycles. The van der Waals surface area contributed by atoms with Gasteiger partial charge in [0.2, 0.25) is 5.91 Å². The lowest BCUT2D eigenvalue weighted by Gasteiger charge is -2.26. The van der Waals surface area contributed by atoms with Crippen molar-refractivity contribution in [3.63, 3.8) is 0 Å². The third kappa shape index (κ3) is 5.41. The van der Waals surface area contributed by atoms with Crippen LogP contribution in [0.5, 0.6) is 5.75 Å². The molecule has 1 N–H and O–H groups in total. The number of rotatable bonds is 9. The number of hydrogen-bond acceptors (Lipinski definition) is 4. The summed E-state index contributed by atoms with van der Waals surface area (Å²) in [7, 11) is -2.43. The summed E-state index contributed by atoms with van der Waals surface area (Å²) in [6.07, 6.45) is 0.635. The first-order valence-corrected chi connectivity index (χ1v) is 11.9. The molecule has 3 rings (SSSR count). The molecule has 1 unspecified atom stereocenters. The van der Waals surface area contributed by atoms with Crippen molar-refractivity contribution in [1.29, 1.82) is 0 Å². The van der Waals surface area contributed by atoms with Gasteiger partial charge in [0, 0.05) is 0 Å². The SMILES string of the molecule is CCC(NC(=O)CN(c1ccccc1Cl)S(=O)(=O)c1ccccc1)c1ccc(OC)cc1. The molecule has 6 nitrogen and oxygen atoms in total. The molecule has 3 aromatic rings. The molecule has 0 aliphatic heterocycles. The second-order valence-electron chi connectivity index (χ2n) is 7.08. The van der Waals surface area contributed by atoms with Gasteiger partial charge < -0.3 is 10.1 Å². The average molecular weight is 473 g/mol. The van der Waals surface area contributed by atoms with Gasteiger partial charge in [-0.25, -0.2) is 8.42 Å². The molecule has 0 spiro atoms. The third-order valence-electron chi connectivity index (χ3n) is 5.00. The molecule has 3 aromatic carbocycles. The standard InChI is InChI=1S/C24H25ClN2O4S/c1-3-22(18-13-15-19(31-2)16-14-18)26-24(28)17-27(23-12-8-7-11-21(23)25)32(29,30)20-9-5-4-6-10-20/h4-16,22H,3,17H2,1-2H3,(H,26,28). The van der Waals surface area contributed by atoms with Gasteiger partial charge in [0.05, 0.1) is 28.8 Å². The van der Waals surface area contributed by atoms with Crippen LogP contribution in [-0.2, 0) is 14.8 Å². The number of methoxy groups -OCH3 is 1. The molecule has 0 aromatic heterocycles. The highest BCUT2D eigenvalue weighted by Crippen LogP contribution is 2.30. The van der Waals surface area contributed by atoms with Crippen molar-refractivity contribution in [3.8, 4) is 5.75 Å². The van der Waals surface area contributed by atoms with Crippen molar-refractivity contribution >= 4 is 33.2 Å². The van der Waals surface area contributed by atoms with E-state index in [-0.39, 0.29) is 21.6 Å². The van der Waals surface area contributed by atoms with Crippen molar-refractivity contribution in [2.75, 3.05) is 18.0 Å². The largest absolute Gasteiger partial charge is 0.497 e. The Morgan fingerprint density at radius 2 is 1.62 bits per heavy atom. The maximum atomic E-state index is 13.4. The monoisotopic (exact) mass is 472 g/mol. The van der Waals surface area contributed by atoms with Crippen LogP contribution in [0.1, 0.15) is 24.9 Å². The van der Waals surface area contributed by atoms with Crippen molar-refractivity contribution in [2.24, 2.45) is 0 Å². The number of para-hydroxylation sites is 1. The molecule has 32 heavy (non-hydrogen) atoms. The zero-order chi connectivity index (χ0) is 23.1. The van der Waals surface area contributed by atoms with E-state index in [9.17, 15) is 13.2 Å². The van der Waals surface area contributed by atoms with Crippen molar-refractivity contribution in [3.05, 3.63) is 89.4 Å². The highest BCUT2D eigenvalue weighted by Gasteiger charge is 2.29. The first-order chi connectivity index (χ1) is 15.4. The van der Waals surface area contributed by atoms with E-state index in [0.29, 0.717) is 12.2 Å². The van der Waals surface area contributed by atoms with E-state index in [1.165, 1.54) is 12.1 Å². The number of amides is 1. The average Bonchev–Trinajstić information content (AvgIpc) is 2.82. The summed E-state index contributed by atoms with van der Waals surface area (Å²) in [5, 5.41) is 3.17. The molecule has 0 fully saturated rings. The summed E-state index contributed by atoms with van der Waals surface area (Å²) in [5.74, 6) is 0.279. The van der Waals surface area contributed by atoms with Crippen LogP contribution in [-0.4, -0.2) is 28.0 Å². The maximum Gasteiger partial charge on any atom is 0.264 e. The summed E-state index contributed by atoms with van der Waals surface area (Å²) in [6, 6.07) is 21.6. The predicted molar refractivity (Wildman–Crippen MR) is 127 cm³/mol. The molecule has 0 aliphatic carbocycles. The number of sulfonamides is 1. The molecule has 168 valence electrons. The van der Waals surface area contributed by atoms with Gasteiger partial charge >= 0.3 is 0 Å². The van der Waals surface area contributed by atoms with Crippen LogP contribution in [0, 0.1) is 0 Å². The molecule has 0 saturated carbocycles. The molecular weight excluding hydrogens is 448 g/mol. The van der Waals surface area contributed by atoms with E-state index in [0.717, 1.165) is 9.87 Å². The van der Waals surface area contributed by atoms with Crippen LogP contribution in [0.4, 0.5) is 5.69 Å². The number of benzene rings is 3. The van der Waals surface area contributed by atoms with Gasteiger partial charge in [-0.1, -0.05) is 61.0 Å². The Morgan fingerprint density at radius 1 is 1.00 bits per heavy atom. The van der Waals surface area contributed by atoms with Gasteiger partial charge in [0.25, 0.3) is 10.0 Å². The molecule has 8 heteroatoms. The van der Waals surface area contributed by atoms with Gasteiger partial charge in [-0.3, -0.25) is 9.10 Å². The summed E-state index contributed by atoms with van der Waals surface area (Å²) in [5.41, 5.74) is 1.14. The predicted octanol–water partition coefficient (Wildman–Crippen LogP) is 4.81. The highest BCUT2D eigenvalue weighted by molar-refractivity contribution is 7.92. The summed E-state index contributed by atoms with van der Waals surface area (Å²) >= 11 is 6.30. The highest BCUT2D eigenvalue weighted by atomic mass is 35.5. The van der Waals surface area contributed by atoms with Crippen molar-refractivity contribution in [1.82, 2.24) is 5.32 Å². The number of halogens is 1.